The Kier molecular flexibility index (Phi) is 10.7. The standard InChI is InChI=1S/C33H44N4O5S/c1-6-7-15-30(38)37(31(23(2)3)33(39)36-20-11-8-12-21-36)22-26-16-18-27(19-17-26)28-13-9-10-14-29(28)43(40,41)35-32-24(4)25(5)34-42-32/h9-10,13-14,16-19,23,31,35H,6-8,11-12,15,20-22H2,1-5H3. The van der Waals surface area contributed by atoms with Crippen LogP contribution in [0, 0.1) is 19.8 Å². The maximum atomic E-state index is 13.7. The van der Waals surface area contributed by atoms with E-state index in [1.165, 1.54) is 0 Å². The first kappa shape index (κ1) is 32.3. The third-order valence-corrected chi connectivity index (χ3v) is 9.52. The van der Waals surface area contributed by atoms with E-state index in [0.717, 1.165) is 50.8 Å². The molecule has 0 saturated carbocycles. The number of hydrogen-bond donors (Lipinski definition) is 1. The first-order chi connectivity index (χ1) is 20.5. The van der Waals surface area contributed by atoms with Crippen LogP contribution in [0.25, 0.3) is 11.1 Å². The van der Waals surface area contributed by atoms with Gasteiger partial charge < -0.3 is 14.3 Å². The van der Waals surface area contributed by atoms with Crippen molar-refractivity contribution in [2.24, 2.45) is 5.92 Å². The summed E-state index contributed by atoms with van der Waals surface area (Å²) in [4.78, 5) is 31.1. The van der Waals surface area contributed by atoms with Gasteiger partial charge in [-0.25, -0.2) is 13.1 Å². The summed E-state index contributed by atoms with van der Waals surface area (Å²) in [5.74, 6) is 0.0605. The van der Waals surface area contributed by atoms with Gasteiger partial charge in [-0.3, -0.25) is 9.59 Å². The summed E-state index contributed by atoms with van der Waals surface area (Å²) in [6.45, 7) is 11.3. The van der Waals surface area contributed by atoms with Crippen molar-refractivity contribution >= 4 is 27.7 Å². The number of nitrogens with zero attached hydrogens (tertiary/aromatic N) is 3. The molecular formula is C33H44N4O5S. The van der Waals surface area contributed by atoms with Crippen molar-refractivity contribution in [1.29, 1.82) is 0 Å². The molecule has 0 aliphatic carbocycles. The van der Waals surface area contributed by atoms with E-state index < -0.39 is 16.1 Å². The molecule has 1 unspecified atom stereocenters. The van der Waals surface area contributed by atoms with Crippen LogP contribution in [0.2, 0.25) is 0 Å². The number of anilines is 1. The van der Waals surface area contributed by atoms with Gasteiger partial charge in [0, 0.05) is 37.2 Å². The molecule has 1 N–H and O–H groups in total. The largest absolute Gasteiger partial charge is 0.341 e. The number of carbonyl (C=O) groups excluding carboxylic acids is 2. The summed E-state index contributed by atoms with van der Waals surface area (Å²) >= 11 is 0. The predicted octanol–water partition coefficient (Wildman–Crippen LogP) is 6.32. The quantitative estimate of drug-likeness (QED) is 0.258. The summed E-state index contributed by atoms with van der Waals surface area (Å²) < 4.78 is 34.5. The van der Waals surface area contributed by atoms with Gasteiger partial charge in [0.2, 0.25) is 17.7 Å². The van der Waals surface area contributed by atoms with Crippen molar-refractivity contribution < 1.29 is 22.5 Å². The minimum absolute atomic E-state index is 0.0181. The van der Waals surface area contributed by atoms with Crippen LogP contribution in [-0.2, 0) is 26.2 Å². The maximum Gasteiger partial charge on any atom is 0.264 e. The topological polar surface area (TPSA) is 113 Å². The lowest BCUT2D eigenvalue weighted by Crippen LogP contribution is -2.54. The maximum absolute atomic E-state index is 13.7. The molecule has 1 aromatic heterocycles. The monoisotopic (exact) mass is 608 g/mol. The van der Waals surface area contributed by atoms with Crippen molar-refractivity contribution in [3.8, 4) is 11.1 Å². The lowest BCUT2D eigenvalue weighted by molar-refractivity contribution is -0.149. The van der Waals surface area contributed by atoms with Gasteiger partial charge in [0.25, 0.3) is 10.0 Å². The summed E-state index contributed by atoms with van der Waals surface area (Å²) in [7, 11) is -3.97. The summed E-state index contributed by atoms with van der Waals surface area (Å²) in [5, 5.41) is 3.84. The second-order valence-corrected chi connectivity index (χ2v) is 13.4. The number of aromatic nitrogens is 1. The van der Waals surface area contributed by atoms with Crippen molar-refractivity contribution in [2.75, 3.05) is 17.8 Å². The Bertz CT molecular complexity index is 1510. The zero-order valence-corrected chi connectivity index (χ0v) is 26.7. The smallest absolute Gasteiger partial charge is 0.264 e. The molecule has 0 spiro atoms. The molecule has 9 nitrogen and oxygen atoms in total. The molecule has 10 heteroatoms. The van der Waals surface area contributed by atoms with Gasteiger partial charge in [0.05, 0.1) is 10.6 Å². The Balaban J connectivity index is 1.61. The van der Waals surface area contributed by atoms with E-state index in [4.69, 9.17) is 4.52 Å². The molecule has 4 rings (SSSR count). The zero-order valence-electron chi connectivity index (χ0n) is 25.9. The number of likely N-dealkylation sites (tertiary alicyclic amines) is 1. The summed E-state index contributed by atoms with van der Waals surface area (Å²) in [6.07, 6.45) is 5.17. The second kappa shape index (κ2) is 14.2. The van der Waals surface area contributed by atoms with E-state index in [-0.39, 0.29) is 28.5 Å². The van der Waals surface area contributed by atoms with Gasteiger partial charge in [0.1, 0.15) is 6.04 Å². The molecule has 43 heavy (non-hydrogen) atoms. The number of aryl methyl sites for hydroxylation is 1. The third-order valence-electron chi connectivity index (χ3n) is 8.13. The fourth-order valence-corrected chi connectivity index (χ4v) is 6.78. The van der Waals surface area contributed by atoms with Gasteiger partial charge in [-0.2, -0.15) is 0 Å². The highest BCUT2D eigenvalue weighted by Gasteiger charge is 2.35. The molecule has 232 valence electrons. The van der Waals surface area contributed by atoms with Gasteiger partial charge in [-0.1, -0.05) is 74.8 Å². The number of rotatable bonds is 12. The van der Waals surface area contributed by atoms with Crippen LogP contribution in [0.3, 0.4) is 0 Å². The average molecular weight is 609 g/mol. The van der Waals surface area contributed by atoms with Crippen LogP contribution >= 0.6 is 0 Å². The number of benzene rings is 2. The highest BCUT2D eigenvalue weighted by Crippen LogP contribution is 2.31. The van der Waals surface area contributed by atoms with Crippen LogP contribution in [-0.4, -0.2) is 54.3 Å². The SMILES string of the molecule is CCCCC(=O)N(Cc1ccc(-c2ccccc2S(=O)(=O)Nc2onc(C)c2C)cc1)C(C(=O)N1CCCCC1)C(C)C. The average Bonchev–Trinajstić information content (AvgIpc) is 3.31. The Hall–Kier alpha value is -3.66. The molecule has 1 aliphatic rings. The van der Waals surface area contributed by atoms with Gasteiger partial charge in [0.15, 0.2) is 0 Å². The predicted molar refractivity (Wildman–Crippen MR) is 168 cm³/mol. The van der Waals surface area contributed by atoms with E-state index in [1.54, 1.807) is 43.0 Å². The molecule has 2 aromatic carbocycles. The highest BCUT2D eigenvalue weighted by atomic mass is 32.2. The Morgan fingerprint density at radius 3 is 2.30 bits per heavy atom. The minimum atomic E-state index is -3.97. The van der Waals surface area contributed by atoms with Gasteiger partial charge in [-0.15, -0.1) is 0 Å². The summed E-state index contributed by atoms with van der Waals surface area (Å²) in [6, 6.07) is 13.8. The van der Waals surface area contributed by atoms with Crippen molar-refractivity contribution in [3.63, 3.8) is 0 Å². The molecule has 2 heterocycles. The third kappa shape index (κ3) is 7.65. The Morgan fingerprint density at radius 1 is 1.02 bits per heavy atom. The molecule has 1 atom stereocenters. The number of amides is 2. The first-order valence-electron chi connectivity index (χ1n) is 15.3. The number of unbranched alkanes of at least 4 members (excludes halogenated alkanes) is 1. The number of nitrogens with one attached hydrogen (secondary N) is 1. The molecule has 1 saturated heterocycles. The Labute approximate surface area is 255 Å². The van der Waals surface area contributed by atoms with Crippen molar-refractivity contribution in [2.45, 2.75) is 90.6 Å². The molecule has 0 bridgehead atoms. The zero-order chi connectivity index (χ0) is 31.1. The number of sulfonamides is 1. The lowest BCUT2D eigenvalue weighted by atomic mass is 9.97. The van der Waals surface area contributed by atoms with Crippen molar-refractivity contribution in [1.82, 2.24) is 15.0 Å². The lowest BCUT2D eigenvalue weighted by Gasteiger charge is -2.38. The van der Waals surface area contributed by atoms with Crippen LogP contribution in [0.1, 0.15) is 76.1 Å². The van der Waals surface area contributed by atoms with E-state index in [9.17, 15) is 18.0 Å². The minimum Gasteiger partial charge on any atom is -0.341 e. The van der Waals surface area contributed by atoms with Crippen LogP contribution in [0.15, 0.2) is 57.9 Å². The fraction of sp³-hybridized carbons (Fsp3) is 0.485. The van der Waals surface area contributed by atoms with E-state index >= 15 is 0 Å². The van der Waals surface area contributed by atoms with Crippen LogP contribution in [0.4, 0.5) is 5.88 Å². The van der Waals surface area contributed by atoms with Crippen LogP contribution in [0.5, 0.6) is 0 Å². The molecule has 2 amide bonds. The number of hydrogen-bond acceptors (Lipinski definition) is 6. The van der Waals surface area contributed by atoms with E-state index in [0.29, 0.717) is 35.3 Å². The number of carbonyl (C=O) groups is 2. The van der Waals surface area contributed by atoms with Gasteiger partial charge in [-0.05, 0) is 62.6 Å². The molecule has 1 aliphatic heterocycles. The Morgan fingerprint density at radius 2 is 1.70 bits per heavy atom. The van der Waals surface area contributed by atoms with E-state index in [1.807, 2.05) is 43.0 Å². The van der Waals surface area contributed by atoms with E-state index in [2.05, 4.69) is 16.8 Å². The number of piperidine rings is 1. The van der Waals surface area contributed by atoms with Crippen LogP contribution < -0.4 is 4.72 Å². The molecule has 0 radical (unpaired) electrons. The molecule has 3 aromatic rings. The van der Waals surface area contributed by atoms with Gasteiger partial charge >= 0.3 is 0 Å². The molecular weight excluding hydrogens is 564 g/mol. The fourth-order valence-electron chi connectivity index (χ4n) is 5.51. The second-order valence-electron chi connectivity index (χ2n) is 11.7. The van der Waals surface area contributed by atoms with Crippen molar-refractivity contribution in [3.05, 3.63) is 65.4 Å². The molecule has 1 fully saturated rings. The first-order valence-corrected chi connectivity index (χ1v) is 16.7. The normalized spacial score (nSPS) is 14.5. The highest BCUT2D eigenvalue weighted by molar-refractivity contribution is 7.92. The summed E-state index contributed by atoms with van der Waals surface area (Å²) in [5.41, 5.74) is 3.36.